The number of carbonyl (C=O) groups is 1. The highest BCUT2D eigenvalue weighted by molar-refractivity contribution is 5.72. The number of carbonyl (C=O) groups excluding carboxylic acids is 1. The summed E-state index contributed by atoms with van der Waals surface area (Å²) in [4.78, 5) is 10.5. The van der Waals surface area contributed by atoms with E-state index in [2.05, 4.69) is 19.7 Å². The summed E-state index contributed by atoms with van der Waals surface area (Å²) in [5.41, 5.74) is 5.93. The van der Waals surface area contributed by atoms with Crippen LogP contribution in [0.3, 0.4) is 0 Å². The highest BCUT2D eigenvalue weighted by Gasteiger charge is 2.15. The number of nitrogens with zero attached hydrogens (tertiary/aromatic N) is 2. The summed E-state index contributed by atoms with van der Waals surface area (Å²) in [6, 6.07) is 9.06. The van der Waals surface area contributed by atoms with E-state index in [4.69, 9.17) is 5.73 Å². The molecule has 15 heavy (non-hydrogen) atoms. The predicted molar refractivity (Wildman–Crippen MR) is 49.9 cm³/mol. The highest BCUT2D eigenvalue weighted by atomic mass is 16.6. The Hall–Kier alpha value is -2.37. The molecule has 1 amide bonds. The Labute approximate surface area is 84.6 Å². The first-order chi connectivity index (χ1) is 7.27. The Morgan fingerprint density at radius 3 is 2.67 bits per heavy atom. The van der Waals surface area contributed by atoms with Gasteiger partial charge in [0, 0.05) is 5.56 Å². The zero-order chi connectivity index (χ0) is 10.7. The fourth-order valence-corrected chi connectivity index (χ4v) is 1.12. The molecule has 1 aromatic carbocycles. The lowest BCUT2D eigenvalue weighted by molar-refractivity contribution is 0.204. The van der Waals surface area contributed by atoms with Crippen LogP contribution in [0.1, 0.15) is 0 Å². The molecule has 0 saturated heterocycles. The molecule has 0 spiro atoms. The maximum absolute atomic E-state index is 10.5. The van der Waals surface area contributed by atoms with Gasteiger partial charge in [-0.05, 0) is 10.3 Å². The van der Waals surface area contributed by atoms with Crippen LogP contribution >= 0.6 is 0 Å². The van der Waals surface area contributed by atoms with E-state index in [0.717, 1.165) is 5.56 Å². The van der Waals surface area contributed by atoms with Gasteiger partial charge in [0.25, 0.3) is 5.88 Å². The zero-order valence-electron chi connectivity index (χ0n) is 7.58. The van der Waals surface area contributed by atoms with Gasteiger partial charge in [-0.25, -0.2) is 9.42 Å². The number of benzene rings is 1. The number of aromatic nitrogens is 2. The van der Waals surface area contributed by atoms with E-state index in [1.165, 1.54) is 0 Å². The first kappa shape index (κ1) is 9.20. The maximum Gasteiger partial charge on any atom is 0.411 e. The van der Waals surface area contributed by atoms with Crippen molar-refractivity contribution in [2.45, 2.75) is 0 Å². The summed E-state index contributed by atoms with van der Waals surface area (Å²) >= 11 is 0. The Kier molecular flexibility index (Phi) is 2.32. The molecule has 0 unspecified atom stereocenters. The molecule has 6 nitrogen and oxygen atoms in total. The fraction of sp³-hybridized carbons (Fsp3) is 0. The number of hydrogen-bond donors (Lipinski definition) is 1. The number of nitrogens with two attached hydrogens (primary N) is 1. The molecular weight excluding hydrogens is 198 g/mol. The van der Waals surface area contributed by atoms with E-state index in [1.807, 2.05) is 18.2 Å². The SMILES string of the molecule is NC(=O)Oc1nonc1-c1ccccc1. The van der Waals surface area contributed by atoms with Gasteiger partial charge in [0.05, 0.1) is 0 Å². The monoisotopic (exact) mass is 205 g/mol. The normalized spacial score (nSPS) is 9.87. The molecule has 0 radical (unpaired) electrons. The Morgan fingerprint density at radius 1 is 1.27 bits per heavy atom. The van der Waals surface area contributed by atoms with Gasteiger partial charge in [-0.3, -0.25) is 0 Å². The minimum Gasteiger partial charge on any atom is -0.385 e. The largest absolute Gasteiger partial charge is 0.411 e. The van der Waals surface area contributed by atoms with E-state index < -0.39 is 6.09 Å². The molecular formula is C9H7N3O3. The molecule has 0 fully saturated rings. The van der Waals surface area contributed by atoms with Crippen molar-refractivity contribution in [1.29, 1.82) is 0 Å². The average molecular weight is 205 g/mol. The third-order valence-electron chi connectivity index (χ3n) is 1.70. The Bertz CT molecular complexity index is 466. The molecule has 0 aliphatic carbocycles. The second-order valence-corrected chi connectivity index (χ2v) is 2.71. The first-order valence-corrected chi connectivity index (χ1v) is 4.12. The van der Waals surface area contributed by atoms with Crippen molar-refractivity contribution in [2.75, 3.05) is 0 Å². The minimum atomic E-state index is -0.956. The molecule has 1 aromatic heterocycles. The molecule has 6 heteroatoms. The molecule has 0 atom stereocenters. The van der Waals surface area contributed by atoms with Gasteiger partial charge in [0.2, 0.25) is 0 Å². The van der Waals surface area contributed by atoms with Gasteiger partial charge in [-0.1, -0.05) is 30.3 Å². The van der Waals surface area contributed by atoms with Gasteiger partial charge >= 0.3 is 6.09 Å². The third-order valence-corrected chi connectivity index (χ3v) is 1.70. The lowest BCUT2D eigenvalue weighted by Crippen LogP contribution is -2.16. The Morgan fingerprint density at radius 2 is 2.00 bits per heavy atom. The minimum absolute atomic E-state index is 0.0336. The quantitative estimate of drug-likeness (QED) is 0.795. The van der Waals surface area contributed by atoms with E-state index in [9.17, 15) is 4.79 Å². The number of ether oxygens (including phenoxy) is 1. The lowest BCUT2D eigenvalue weighted by Gasteiger charge is -1.97. The number of hydrogen-bond acceptors (Lipinski definition) is 5. The van der Waals surface area contributed by atoms with Crippen LogP contribution in [0.2, 0.25) is 0 Å². The molecule has 1 heterocycles. The van der Waals surface area contributed by atoms with E-state index in [-0.39, 0.29) is 5.88 Å². The number of primary amides is 1. The van der Waals surface area contributed by atoms with Crippen molar-refractivity contribution >= 4 is 6.09 Å². The van der Waals surface area contributed by atoms with Crippen LogP contribution in [0.4, 0.5) is 4.79 Å². The number of rotatable bonds is 2. The molecule has 2 N–H and O–H groups in total. The topological polar surface area (TPSA) is 91.2 Å². The number of amides is 1. The van der Waals surface area contributed by atoms with Crippen molar-refractivity contribution in [2.24, 2.45) is 5.73 Å². The van der Waals surface area contributed by atoms with Crippen molar-refractivity contribution < 1.29 is 14.2 Å². The molecule has 0 aliphatic heterocycles. The summed E-state index contributed by atoms with van der Waals surface area (Å²) in [6.45, 7) is 0. The summed E-state index contributed by atoms with van der Waals surface area (Å²) in [5.74, 6) is -0.0336. The van der Waals surface area contributed by atoms with Gasteiger partial charge in [0.1, 0.15) is 0 Å². The summed E-state index contributed by atoms with van der Waals surface area (Å²) in [7, 11) is 0. The first-order valence-electron chi connectivity index (χ1n) is 4.12. The van der Waals surface area contributed by atoms with Crippen LogP contribution in [0.5, 0.6) is 5.88 Å². The van der Waals surface area contributed by atoms with Crippen LogP contribution in [0.15, 0.2) is 35.0 Å². The second-order valence-electron chi connectivity index (χ2n) is 2.71. The second kappa shape index (κ2) is 3.79. The summed E-state index contributed by atoms with van der Waals surface area (Å²) in [5, 5.41) is 7.04. The van der Waals surface area contributed by atoms with Crippen molar-refractivity contribution in [3.63, 3.8) is 0 Å². The molecule has 2 rings (SSSR count). The van der Waals surface area contributed by atoms with Gasteiger partial charge in [-0.15, -0.1) is 0 Å². The van der Waals surface area contributed by atoms with Crippen LogP contribution in [0, 0.1) is 0 Å². The summed E-state index contributed by atoms with van der Waals surface area (Å²) < 4.78 is 9.08. The van der Waals surface area contributed by atoms with Crippen LogP contribution in [0.25, 0.3) is 11.3 Å². The van der Waals surface area contributed by atoms with Crippen molar-refractivity contribution in [1.82, 2.24) is 10.3 Å². The van der Waals surface area contributed by atoms with Gasteiger partial charge in [-0.2, -0.15) is 0 Å². The predicted octanol–water partition coefficient (Wildman–Crippen LogP) is 1.19. The van der Waals surface area contributed by atoms with Crippen LogP contribution in [-0.2, 0) is 0 Å². The molecule has 0 saturated carbocycles. The maximum atomic E-state index is 10.5. The van der Waals surface area contributed by atoms with Crippen LogP contribution in [-0.4, -0.2) is 16.4 Å². The molecule has 76 valence electrons. The zero-order valence-corrected chi connectivity index (χ0v) is 7.58. The van der Waals surface area contributed by atoms with Crippen molar-refractivity contribution in [3.05, 3.63) is 30.3 Å². The van der Waals surface area contributed by atoms with E-state index >= 15 is 0 Å². The van der Waals surface area contributed by atoms with Crippen LogP contribution < -0.4 is 10.5 Å². The fourth-order valence-electron chi connectivity index (χ4n) is 1.12. The van der Waals surface area contributed by atoms with E-state index in [0.29, 0.717) is 5.69 Å². The van der Waals surface area contributed by atoms with Crippen molar-refractivity contribution in [3.8, 4) is 17.1 Å². The molecule has 2 aromatic rings. The van der Waals surface area contributed by atoms with E-state index in [1.54, 1.807) is 12.1 Å². The average Bonchev–Trinajstić information content (AvgIpc) is 2.66. The molecule has 0 aliphatic rings. The summed E-state index contributed by atoms with van der Waals surface area (Å²) in [6.07, 6.45) is -0.956. The lowest BCUT2D eigenvalue weighted by atomic mass is 10.2. The third kappa shape index (κ3) is 1.93. The van der Waals surface area contributed by atoms with Gasteiger partial charge < -0.3 is 10.5 Å². The smallest absolute Gasteiger partial charge is 0.385 e. The standard InChI is InChI=1S/C9H7N3O3/c10-9(13)14-8-7(11-15-12-8)6-4-2-1-3-5-6/h1-5H,(H2,10,13). The molecule has 0 bridgehead atoms. The Balaban J connectivity index is 2.37. The highest BCUT2D eigenvalue weighted by Crippen LogP contribution is 2.25. The van der Waals surface area contributed by atoms with Gasteiger partial charge in [0.15, 0.2) is 5.69 Å².